The number of methoxy groups -OCH3 is 1. The molecule has 110 valence electrons. The van der Waals surface area contributed by atoms with E-state index in [0.29, 0.717) is 27.9 Å². The summed E-state index contributed by atoms with van der Waals surface area (Å²) in [4.78, 5) is 18.2. The van der Waals surface area contributed by atoms with Crippen LogP contribution >= 0.6 is 12.2 Å². The van der Waals surface area contributed by atoms with Gasteiger partial charge in [0.15, 0.2) is 5.11 Å². The minimum Gasteiger partial charge on any atom is -0.495 e. The molecule has 0 radical (unpaired) electrons. The molecule has 0 atom stereocenters. The van der Waals surface area contributed by atoms with Gasteiger partial charge < -0.3 is 10.1 Å². The number of benzene rings is 1. The highest BCUT2D eigenvalue weighted by atomic mass is 32.1. The third-order valence-corrected chi connectivity index (χ3v) is 3.47. The summed E-state index contributed by atoms with van der Waals surface area (Å²) in [5.74, 6) is 0.347. The first kappa shape index (κ1) is 14.2. The number of hydrogen-bond donors (Lipinski definition) is 1. The smallest absolute Gasteiger partial charge is 0.281 e. The average Bonchev–Trinajstić information content (AvgIpc) is 2.82. The summed E-state index contributed by atoms with van der Waals surface area (Å²) in [6.45, 7) is 0. The maximum Gasteiger partial charge on any atom is 0.281 e. The third-order valence-electron chi connectivity index (χ3n) is 3.18. The molecule has 0 saturated carbocycles. The molecule has 1 fully saturated rings. The van der Waals surface area contributed by atoms with Gasteiger partial charge in [-0.2, -0.15) is 0 Å². The topological polar surface area (TPSA) is 54.5 Å². The average molecular weight is 311 g/mol. The van der Waals surface area contributed by atoms with Crippen LogP contribution in [0.25, 0.3) is 6.08 Å². The molecule has 6 heteroatoms. The molecule has 1 aliphatic rings. The minimum atomic E-state index is -0.236. The minimum absolute atomic E-state index is 0.236. The van der Waals surface area contributed by atoms with Gasteiger partial charge in [-0.1, -0.05) is 18.2 Å². The Kier molecular flexibility index (Phi) is 3.84. The van der Waals surface area contributed by atoms with Crippen molar-refractivity contribution >= 4 is 35.0 Å². The van der Waals surface area contributed by atoms with Gasteiger partial charge in [-0.3, -0.25) is 9.78 Å². The molecule has 2 heterocycles. The lowest BCUT2D eigenvalue weighted by atomic mass is 10.2. The van der Waals surface area contributed by atoms with Gasteiger partial charge in [-0.15, -0.1) is 0 Å². The number of aromatic nitrogens is 1. The highest BCUT2D eigenvalue weighted by molar-refractivity contribution is 7.80. The standard InChI is InChI=1S/C16H13N3O2S/c1-21-14-8-3-2-7-13(14)19-15(20)12(18-16(19)22)10-11-6-4-5-9-17-11/h2-10H,1H3,(H,18,22)/b12-10+. The van der Waals surface area contributed by atoms with Gasteiger partial charge in [0, 0.05) is 6.20 Å². The number of nitrogens with zero attached hydrogens (tertiary/aromatic N) is 2. The number of rotatable bonds is 3. The van der Waals surface area contributed by atoms with Gasteiger partial charge in [0.05, 0.1) is 18.5 Å². The zero-order valence-corrected chi connectivity index (χ0v) is 12.6. The number of amides is 1. The molecule has 1 aromatic carbocycles. The second kappa shape index (κ2) is 5.95. The Balaban J connectivity index is 1.97. The number of pyridine rings is 1. The molecule has 1 saturated heterocycles. The summed E-state index contributed by atoms with van der Waals surface area (Å²) in [6.07, 6.45) is 3.34. The van der Waals surface area contributed by atoms with E-state index in [-0.39, 0.29) is 5.91 Å². The Morgan fingerprint density at radius 3 is 2.73 bits per heavy atom. The lowest BCUT2D eigenvalue weighted by molar-refractivity contribution is -0.113. The third kappa shape index (κ3) is 2.56. The molecule has 5 nitrogen and oxygen atoms in total. The quantitative estimate of drug-likeness (QED) is 0.696. The number of para-hydroxylation sites is 2. The van der Waals surface area contributed by atoms with Gasteiger partial charge in [-0.25, -0.2) is 4.90 Å². The fraction of sp³-hybridized carbons (Fsp3) is 0.0625. The first-order valence-electron chi connectivity index (χ1n) is 6.62. The SMILES string of the molecule is COc1ccccc1N1C(=O)/C(=C\c2ccccn2)NC1=S. The summed E-state index contributed by atoms with van der Waals surface area (Å²) in [7, 11) is 1.56. The molecular weight excluding hydrogens is 298 g/mol. The van der Waals surface area contributed by atoms with Crippen LogP contribution < -0.4 is 15.0 Å². The van der Waals surface area contributed by atoms with Gasteiger partial charge in [0.1, 0.15) is 11.4 Å². The van der Waals surface area contributed by atoms with Crippen molar-refractivity contribution < 1.29 is 9.53 Å². The molecule has 1 N–H and O–H groups in total. The molecule has 2 aromatic rings. The number of nitrogens with one attached hydrogen (secondary N) is 1. The molecule has 3 rings (SSSR count). The predicted molar refractivity (Wildman–Crippen MR) is 88.4 cm³/mol. The van der Waals surface area contributed by atoms with Crippen LogP contribution in [0.5, 0.6) is 5.75 Å². The molecule has 1 amide bonds. The van der Waals surface area contributed by atoms with Crippen molar-refractivity contribution in [1.82, 2.24) is 10.3 Å². The maximum absolute atomic E-state index is 12.6. The van der Waals surface area contributed by atoms with Crippen LogP contribution in [0.15, 0.2) is 54.4 Å². The second-order valence-electron chi connectivity index (χ2n) is 4.56. The maximum atomic E-state index is 12.6. The molecule has 22 heavy (non-hydrogen) atoms. The van der Waals surface area contributed by atoms with E-state index >= 15 is 0 Å². The van der Waals surface area contributed by atoms with Gasteiger partial charge in [0.2, 0.25) is 0 Å². The summed E-state index contributed by atoms with van der Waals surface area (Å²) in [6, 6.07) is 12.7. The number of carbonyl (C=O) groups is 1. The Hall–Kier alpha value is -2.73. The first-order chi connectivity index (χ1) is 10.7. The van der Waals surface area contributed by atoms with Crippen LogP contribution in [0.4, 0.5) is 5.69 Å². The van der Waals surface area contributed by atoms with Gasteiger partial charge in [-0.05, 0) is 42.6 Å². The monoisotopic (exact) mass is 311 g/mol. The Morgan fingerprint density at radius 1 is 1.23 bits per heavy atom. The Morgan fingerprint density at radius 2 is 2.00 bits per heavy atom. The van der Waals surface area contributed by atoms with Crippen molar-refractivity contribution in [1.29, 1.82) is 0 Å². The van der Waals surface area contributed by atoms with Crippen molar-refractivity contribution in [2.24, 2.45) is 0 Å². The zero-order chi connectivity index (χ0) is 15.5. The molecule has 1 aliphatic heterocycles. The van der Waals surface area contributed by atoms with Crippen LogP contribution in [0, 0.1) is 0 Å². The zero-order valence-electron chi connectivity index (χ0n) is 11.8. The Labute approximate surface area is 133 Å². The van der Waals surface area contributed by atoms with Crippen LogP contribution in [-0.4, -0.2) is 23.1 Å². The molecule has 0 aliphatic carbocycles. The lowest BCUT2D eigenvalue weighted by Gasteiger charge is -2.17. The van der Waals surface area contributed by atoms with E-state index in [0.717, 1.165) is 0 Å². The number of ether oxygens (including phenoxy) is 1. The largest absolute Gasteiger partial charge is 0.495 e. The highest BCUT2D eigenvalue weighted by Gasteiger charge is 2.33. The van der Waals surface area contributed by atoms with Crippen LogP contribution in [0.3, 0.4) is 0 Å². The van der Waals surface area contributed by atoms with E-state index in [1.807, 2.05) is 30.3 Å². The summed E-state index contributed by atoms with van der Waals surface area (Å²) in [5, 5.41) is 3.24. The number of hydrogen-bond acceptors (Lipinski definition) is 4. The molecular formula is C16H13N3O2S. The molecule has 0 bridgehead atoms. The van der Waals surface area contributed by atoms with E-state index in [4.69, 9.17) is 17.0 Å². The number of thiocarbonyl (C=S) groups is 1. The summed E-state index contributed by atoms with van der Waals surface area (Å²) in [5.41, 5.74) is 1.68. The van der Waals surface area contributed by atoms with E-state index < -0.39 is 0 Å². The number of carbonyl (C=O) groups excluding carboxylic acids is 1. The fourth-order valence-electron chi connectivity index (χ4n) is 2.18. The first-order valence-corrected chi connectivity index (χ1v) is 7.02. The van der Waals surface area contributed by atoms with E-state index in [1.54, 1.807) is 31.5 Å². The lowest BCUT2D eigenvalue weighted by Crippen LogP contribution is -2.30. The van der Waals surface area contributed by atoms with Crippen LogP contribution in [0.2, 0.25) is 0 Å². The van der Waals surface area contributed by atoms with Crippen LogP contribution in [0.1, 0.15) is 5.69 Å². The van der Waals surface area contributed by atoms with Crippen molar-refractivity contribution in [3.63, 3.8) is 0 Å². The summed E-state index contributed by atoms with van der Waals surface area (Å²) < 4.78 is 5.29. The van der Waals surface area contributed by atoms with Crippen molar-refractivity contribution in [2.75, 3.05) is 12.0 Å². The number of anilines is 1. The highest BCUT2D eigenvalue weighted by Crippen LogP contribution is 2.31. The second-order valence-corrected chi connectivity index (χ2v) is 4.94. The molecule has 0 unspecified atom stereocenters. The van der Waals surface area contributed by atoms with E-state index in [9.17, 15) is 4.79 Å². The van der Waals surface area contributed by atoms with Gasteiger partial charge >= 0.3 is 0 Å². The van der Waals surface area contributed by atoms with Crippen LogP contribution in [-0.2, 0) is 4.79 Å². The van der Waals surface area contributed by atoms with Crippen molar-refractivity contribution in [3.8, 4) is 5.75 Å². The normalized spacial score (nSPS) is 16.0. The predicted octanol–water partition coefficient (Wildman–Crippen LogP) is 2.35. The van der Waals surface area contributed by atoms with Crippen molar-refractivity contribution in [3.05, 3.63) is 60.1 Å². The molecule has 1 aromatic heterocycles. The van der Waals surface area contributed by atoms with Crippen molar-refractivity contribution in [2.45, 2.75) is 0 Å². The fourth-order valence-corrected chi connectivity index (χ4v) is 2.47. The van der Waals surface area contributed by atoms with E-state index in [2.05, 4.69) is 10.3 Å². The molecule has 0 spiro atoms. The van der Waals surface area contributed by atoms with E-state index in [1.165, 1.54) is 4.90 Å². The summed E-state index contributed by atoms with van der Waals surface area (Å²) >= 11 is 5.28. The van der Waals surface area contributed by atoms with Gasteiger partial charge in [0.25, 0.3) is 5.91 Å². The Bertz CT molecular complexity index is 759.